The van der Waals surface area contributed by atoms with Gasteiger partial charge in [-0.3, -0.25) is 0 Å². The molecule has 1 aromatic carbocycles. The number of urea groups is 1. The van der Waals surface area contributed by atoms with Gasteiger partial charge in [-0.25, -0.2) is 9.59 Å². The molecule has 5 nitrogen and oxygen atoms in total. The molecule has 0 fully saturated rings. The molecule has 1 unspecified atom stereocenters. The van der Waals surface area contributed by atoms with Gasteiger partial charge in [0.2, 0.25) is 0 Å². The molecule has 0 aliphatic rings. The number of rotatable bonds is 5. The van der Waals surface area contributed by atoms with E-state index >= 15 is 0 Å². The molecule has 0 aliphatic carbocycles. The predicted molar refractivity (Wildman–Crippen MR) is 68.1 cm³/mol. The molecule has 18 heavy (non-hydrogen) atoms. The number of carboxylic acid groups (broad SMARTS) is 1. The van der Waals surface area contributed by atoms with Crippen molar-refractivity contribution in [2.24, 2.45) is 5.92 Å². The number of carbonyl (C=O) groups is 2. The summed E-state index contributed by atoms with van der Waals surface area (Å²) in [7, 11) is 0. The number of amides is 2. The van der Waals surface area contributed by atoms with Crippen LogP contribution in [0.15, 0.2) is 30.3 Å². The molecular weight excluding hydrogens is 232 g/mol. The summed E-state index contributed by atoms with van der Waals surface area (Å²) in [6.07, 6.45) is 0. The van der Waals surface area contributed by atoms with Gasteiger partial charge in [-0.2, -0.15) is 0 Å². The maximum atomic E-state index is 11.6. The molecule has 2 amide bonds. The van der Waals surface area contributed by atoms with Crippen molar-refractivity contribution in [2.45, 2.75) is 26.4 Å². The van der Waals surface area contributed by atoms with Crippen molar-refractivity contribution >= 4 is 12.0 Å². The minimum atomic E-state index is -1.03. The molecule has 0 radical (unpaired) electrons. The molecule has 0 heterocycles. The van der Waals surface area contributed by atoms with Gasteiger partial charge >= 0.3 is 12.0 Å². The minimum absolute atomic E-state index is 0.162. The SMILES string of the molecule is CC(C)C(NC(=O)NCc1ccccc1)C(=O)O. The van der Waals surface area contributed by atoms with Crippen LogP contribution in [0.3, 0.4) is 0 Å². The van der Waals surface area contributed by atoms with Crippen LogP contribution in [0.2, 0.25) is 0 Å². The van der Waals surface area contributed by atoms with E-state index in [9.17, 15) is 9.59 Å². The van der Waals surface area contributed by atoms with E-state index in [0.29, 0.717) is 6.54 Å². The fraction of sp³-hybridized carbons (Fsp3) is 0.385. The second kappa shape index (κ2) is 6.64. The summed E-state index contributed by atoms with van der Waals surface area (Å²) in [6.45, 7) is 3.86. The van der Waals surface area contributed by atoms with E-state index in [-0.39, 0.29) is 5.92 Å². The lowest BCUT2D eigenvalue weighted by molar-refractivity contribution is -0.140. The number of hydrogen-bond acceptors (Lipinski definition) is 2. The Morgan fingerprint density at radius 1 is 1.22 bits per heavy atom. The van der Waals surface area contributed by atoms with Crippen LogP contribution in [0.5, 0.6) is 0 Å². The van der Waals surface area contributed by atoms with Crippen molar-refractivity contribution in [1.29, 1.82) is 0 Å². The third-order valence-corrected chi connectivity index (χ3v) is 2.52. The summed E-state index contributed by atoms with van der Waals surface area (Å²) >= 11 is 0. The van der Waals surface area contributed by atoms with Gasteiger partial charge in [-0.15, -0.1) is 0 Å². The number of hydrogen-bond donors (Lipinski definition) is 3. The van der Waals surface area contributed by atoms with E-state index in [1.165, 1.54) is 0 Å². The summed E-state index contributed by atoms with van der Waals surface area (Å²) < 4.78 is 0. The van der Waals surface area contributed by atoms with Crippen LogP contribution < -0.4 is 10.6 Å². The van der Waals surface area contributed by atoms with Gasteiger partial charge in [0.1, 0.15) is 6.04 Å². The van der Waals surface area contributed by atoms with Crippen molar-refractivity contribution in [3.05, 3.63) is 35.9 Å². The number of aliphatic carboxylic acids is 1. The van der Waals surface area contributed by atoms with Gasteiger partial charge in [0.05, 0.1) is 0 Å². The van der Waals surface area contributed by atoms with Crippen LogP contribution in [0.1, 0.15) is 19.4 Å². The summed E-state index contributed by atoms with van der Waals surface area (Å²) in [4.78, 5) is 22.5. The first-order valence-corrected chi connectivity index (χ1v) is 5.82. The lowest BCUT2D eigenvalue weighted by Gasteiger charge is -2.18. The van der Waals surface area contributed by atoms with Gasteiger partial charge < -0.3 is 15.7 Å². The Balaban J connectivity index is 2.44. The standard InChI is InChI=1S/C13H18N2O3/c1-9(2)11(12(16)17)15-13(18)14-8-10-6-4-3-5-7-10/h3-7,9,11H,8H2,1-2H3,(H,16,17)(H2,14,15,18). The van der Waals surface area contributed by atoms with E-state index in [1.807, 2.05) is 30.3 Å². The first-order valence-electron chi connectivity index (χ1n) is 5.82. The molecule has 1 atom stereocenters. The van der Waals surface area contributed by atoms with Crippen molar-refractivity contribution < 1.29 is 14.7 Å². The van der Waals surface area contributed by atoms with Crippen LogP contribution in [-0.4, -0.2) is 23.1 Å². The Labute approximate surface area is 106 Å². The highest BCUT2D eigenvalue weighted by Crippen LogP contribution is 2.02. The zero-order valence-electron chi connectivity index (χ0n) is 10.5. The van der Waals surface area contributed by atoms with E-state index in [0.717, 1.165) is 5.56 Å². The lowest BCUT2D eigenvalue weighted by atomic mass is 10.1. The number of nitrogens with one attached hydrogen (secondary N) is 2. The van der Waals surface area contributed by atoms with Crippen LogP contribution in [0, 0.1) is 5.92 Å². The van der Waals surface area contributed by atoms with Gasteiger partial charge in [-0.1, -0.05) is 44.2 Å². The normalized spacial score (nSPS) is 11.9. The fourth-order valence-corrected chi connectivity index (χ4v) is 1.48. The third kappa shape index (κ3) is 4.45. The Morgan fingerprint density at radius 3 is 2.33 bits per heavy atom. The van der Waals surface area contributed by atoms with E-state index in [4.69, 9.17) is 5.11 Å². The zero-order chi connectivity index (χ0) is 13.5. The summed E-state index contributed by atoms with van der Waals surface area (Å²) in [5, 5.41) is 14.0. The largest absolute Gasteiger partial charge is 0.480 e. The Morgan fingerprint density at radius 2 is 1.83 bits per heavy atom. The average Bonchev–Trinajstić information content (AvgIpc) is 2.34. The Hall–Kier alpha value is -2.04. The smallest absolute Gasteiger partial charge is 0.326 e. The lowest BCUT2D eigenvalue weighted by Crippen LogP contribution is -2.48. The Bertz CT molecular complexity index is 404. The highest BCUT2D eigenvalue weighted by molar-refractivity contribution is 5.82. The molecule has 1 rings (SSSR count). The van der Waals surface area contributed by atoms with Crippen molar-refractivity contribution in [3.8, 4) is 0 Å². The van der Waals surface area contributed by atoms with Crippen LogP contribution in [0.4, 0.5) is 4.79 Å². The molecule has 1 aromatic rings. The van der Waals surface area contributed by atoms with Gasteiger partial charge in [0, 0.05) is 6.54 Å². The topological polar surface area (TPSA) is 78.4 Å². The quantitative estimate of drug-likeness (QED) is 0.742. The molecular formula is C13H18N2O3. The van der Waals surface area contributed by atoms with Gasteiger partial charge in [-0.05, 0) is 11.5 Å². The van der Waals surface area contributed by atoms with Crippen LogP contribution >= 0.6 is 0 Å². The number of benzene rings is 1. The molecule has 0 aromatic heterocycles. The molecule has 98 valence electrons. The molecule has 0 bridgehead atoms. The number of carboxylic acids is 1. The third-order valence-electron chi connectivity index (χ3n) is 2.52. The fourth-order valence-electron chi connectivity index (χ4n) is 1.48. The van der Waals surface area contributed by atoms with E-state index < -0.39 is 18.0 Å². The van der Waals surface area contributed by atoms with Crippen LogP contribution in [-0.2, 0) is 11.3 Å². The Kier molecular flexibility index (Phi) is 5.17. The average molecular weight is 250 g/mol. The van der Waals surface area contributed by atoms with Crippen molar-refractivity contribution in [1.82, 2.24) is 10.6 Å². The van der Waals surface area contributed by atoms with Crippen molar-refractivity contribution in [3.63, 3.8) is 0 Å². The summed E-state index contributed by atoms with van der Waals surface area (Å²) in [5.41, 5.74) is 0.962. The van der Waals surface area contributed by atoms with E-state index in [1.54, 1.807) is 13.8 Å². The zero-order valence-corrected chi connectivity index (χ0v) is 10.5. The second-order valence-corrected chi connectivity index (χ2v) is 4.37. The number of carbonyl (C=O) groups excluding carboxylic acids is 1. The maximum absolute atomic E-state index is 11.6. The molecule has 5 heteroatoms. The molecule has 0 saturated carbocycles. The molecule has 0 spiro atoms. The summed E-state index contributed by atoms with van der Waals surface area (Å²) in [6, 6.07) is 8.07. The second-order valence-electron chi connectivity index (χ2n) is 4.37. The van der Waals surface area contributed by atoms with Gasteiger partial charge in [0.25, 0.3) is 0 Å². The first kappa shape index (κ1) is 14.0. The minimum Gasteiger partial charge on any atom is -0.480 e. The summed E-state index contributed by atoms with van der Waals surface area (Å²) in [5.74, 6) is -1.19. The predicted octanol–water partition coefficient (Wildman–Crippen LogP) is 1.60. The first-order chi connectivity index (χ1) is 8.50. The maximum Gasteiger partial charge on any atom is 0.326 e. The van der Waals surface area contributed by atoms with Crippen LogP contribution in [0.25, 0.3) is 0 Å². The van der Waals surface area contributed by atoms with E-state index in [2.05, 4.69) is 10.6 Å². The molecule has 0 aliphatic heterocycles. The van der Waals surface area contributed by atoms with Gasteiger partial charge in [0.15, 0.2) is 0 Å². The highest BCUT2D eigenvalue weighted by atomic mass is 16.4. The highest BCUT2D eigenvalue weighted by Gasteiger charge is 2.22. The van der Waals surface area contributed by atoms with Crippen molar-refractivity contribution in [2.75, 3.05) is 0 Å². The molecule has 0 saturated heterocycles. The molecule has 3 N–H and O–H groups in total. The monoisotopic (exact) mass is 250 g/mol.